The van der Waals surface area contributed by atoms with Crippen molar-refractivity contribution in [3.8, 4) is 0 Å². The first-order valence-electron chi connectivity index (χ1n) is 8.69. The molecule has 0 aromatic carbocycles. The van der Waals surface area contributed by atoms with Crippen molar-refractivity contribution in [2.75, 3.05) is 11.9 Å². The van der Waals surface area contributed by atoms with E-state index in [9.17, 15) is 24.5 Å². The molecule has 11 nitrogen and oxygen atoms in total. The molecule has 156 valence electrons. The summed E-state index contributed by atoms with van der Waals surface area (Å²) in [4.78, 5) is 47.3. The van der Waals surface area contributed by atoms with Crippen LogP contribution in [0.4, 0.5) is 10.7 Å². The minimum atomic E-state index is -0.914. The highest BCUT2D eigenvalue weighted by atomic mass is 32.1. The Bertz CT molecular complexity index is 979. The molecule has 2 rings (SSSR count). The second-order valence-corrected chi connectivity index (χ2v) is 7.26. The van der Waals surface area contributed by atoms with E-state index in [0.717, 1.165) is 17.5 Å². The zero-order valence-electron chi connectivity index (χ0n) is 16.3. The Morgan fingerprint density at radius 2 is 2.07 bits per heavy atom. The maximum Gasteiger partial charge on any atom is 0.341 e. The van der Waals surface area contributed by atoms with E-state index in [2.05, 4.69) is 10.4 Å². The lowest BCUT2D eigenvalue weighted by molar-refractivity contribution is -0.385. The normalized spacial score (nSPS) is 11.7. The van der Waals surface area contributed by atoms with E-state index in [4.69, 9.17) is 10.5 Å². The molecule has 1 unspecified atom stereocenters. The van der Waals surface area contributed by atoms with Gasteiger partial charge in [-0.3, -0.25) is 24.4 Å². The topological polar surface area (TPSA) is 159 Å². The number of ether oxygens (including phenoxy) is 1. The van der Waals surface area contributed by atoms with Gasteiger partial charge in [-0.25, -0.2) is 4.79 Å². The van der Waals surface area contributed by atoms with Gasteiger partial charge in [0.15, 0.2) is 0 Å². The van der Waals surface area contributed by atoms with Crippen molar-refractivity contribution in [1.29, 1.82) is 0 Å². The molecule has 0 saturated heterocycles. The van der Waals surface area contributed by atoms with E-state index in [-0.39, 0.29) is 33.4 Å². The Hall–Kier alpha value is -3.28. The zero-order valence-corrected chi connectivity index (χ0v) is 17.2. The van der Waals surface area contributed by atoms with Crippen molar-refractivity contribution in [2.45, 2.75) is 40.2 Å². The molecule has 0 aliphatic carbocycles. The first-order valence-corrected chi connectivity index (χ1v) is 9.51. The number of nitrogens with zero attached hydrogens (tertiary/aromatic N) is 3. The van der Waals surface area contributed by atoms with Crippen molar-refractivity contribution in [3.05, 3.63) is 38.0 Å². The molecule has 2 aromatic rings. The molecule has 29 heavy (non-hydrogen) atoms. The van der Waals surface area contributed by atoms with E-state index in [0.29, 0.717) is 12.0 Å². The van der Waals surface area contributed by atoms with Gasteiger partial charge in [0.2, 0.25) is 5.91 Å². The summed E-state index contributed by atoms with van der Waals surface area (Å²) >= 11 is 0.866. The van der Waals surface area contributed by atoms with Crippen LogP contribution in [0, 0.1) is 24.0 Å². The summed E-state index contributed by atoms with van der Waals surface area (Å²) in [5.41, 5.74) is 5.73. The summed E-state index contributed by atoms with van der Waals surface area (Å²) in [5.74, 6) is -1.99. The molecule has 0 saturated carbocycles. The number of hydrogen-bond acceptors (Lipinski definition) is 8. The Morgan fingerprint density at radius 1 is 1.41 bits per heavy atom. The van der Waals surface area contributed by atoms with Crippen molar-refractivity contribution in [2.24, 2.45) is 5.73 Å². The van der Waals surface area contributed by atoms with Crippen molar-refractivity contribution in [3.63, 3.8) is 0 Å². The lowest BCUT2D eigenvalue weighted by Crippen LogP contribution is -2.25. The number of thiophene rings is 1. The largest absolute Gasteiger partial charge is 0.462 e. The van der Waals surface area contributed by atoms with Crippen LogP contribution in [-0.4, -0.2) is 39.1 Å². The molecule has 2 aromatic heterocycles. The highest BCUT2D eigenvalue weighted by Crippen LogP contribution is 2.34. The monoisotopic (exact) mass is 423 g/mol. The molecule has 12 heteroatoms. The number of carbonyl (C=O) groups is 3. The standard InChI is InChI=1S/C17H21N5O6S/c1-5-6-28-17(25)12-8(2)13(14(18)23)29-16(12)20-15(24)10(4)21-9(3)11(7-19-21)22(26)27/h7,10H,5-6H2,1-4H3,(H2,18,23)(H,20,24). The zero-order chi connectivity index (χ0) is 21.9. The highest BCUT2D eigenvalue weighted by Gasteiger charge is 2.29. The minimum Gasteiger partial charge on any atom is -0.462 e. The number of aromatic nitrogens is 2. The van der Waals surface area contributed by atoms with Crippen LogP contribution in [-0.2, 0) is 9.53 Å². The van der Waals surface area contributed by atoms with E-state index in [1.807, 2.05) is 6.92 Å². The average Bonchev–Trinajstić information content (AvgIpc) is 3.19. The molecular weight excluding hydrogens is 402 g/mol. The second-order valence-electron chi connectivity index (χ2n) is 6.24. The van der Waals surface area contributed by atoms with E-state index >= 15 is 0 Å². The molecule has 0 fully saturated rings. The fraction of sp³-hybridized carbons (Fsp3) is 0.412. The van der Waals surface area contributed by atoms with Crippen molar-refractivity contribution < 1.29 is 24.0 Å². The molecule has 1 atom stereocenters. The lowest BCUT2D eigenvalue weighted by Gasteiger charge is -2.14. The molecule has 0 bridgehead atoms. The SMILES string of the molecule is CCCOC(=O)c1c(NC(=O)C(C)n2ncc([N+](=O)[O-])c2C)sc(C(N)=O)c1C. The van der Waals surface area contributed by atoms with E-state index < -0.39 is 28.7 Å². The molecule has 0 radical (unpaired) electrons. The molecule has 0 aliphatic heterocycles. The van der Waals surface area contributed by atoms with Crippen LogP contribution in [0.25, 0.3) is 0 Å². The Kier molecular flexibility index (Phi) is 6.69. The van der Waals surface area contributed by atoms with E-state index in [1.54, 1.807) is 6.92 Å². The Balaban J connectivity index is 2.36. The number of rotatable bonds is 8. The third-order valence-corrected chi connectivity index (χ3v) is 5.43. The van der Waals surface area contributed by atoms with Gasteiger partial charge in [-0.15, -0.1) is 11.3 Å². The van der Waals surface area contributed by atoms with Gasteiger partial charge in [0.25, 0.3) is 5.91 Å². The predicted octanol–water partition coefficient (Wildman–Crippen LogP) is 2.34. The van der Waals surface area contributed by atoms with Gasteiger partial charge < -0.3 is 15.8 Å². The molecule has 3 N–H and O–H groups in total. The molecule has 0 aliphatic rings. The summed E-state index contributed by atoms with van der Waals surface area (Å²) in [5, 5.41) is 17.6. The molecule has 0 spiro atoms. The summed E-state index contributed by atoms with van der Waals surface area (Å²) in [6.45, 7) is 6.53. The fourth-order valence-electron chi connectivity index (χ4n) is 2.66. The summed E-state index contributed by atoms with van der Waals surface area (Å²) in [6.07, 6.45) is 1.67. The number of nitrogens with one attached hydrogen (secondary N) is 1. The summed E-state index contributed by atoms with van der Waals surface area (Å²) in [6, 6.07) is -0.914. The van der Waals surface area contributed by atoms with Gasteiger partial charge in [-0.2, -0.15) is 5.10 Å². The number of esters is 1. The van der Waals surface area contributed by atoms with Gasteiger partial charge in [0, 0.05) is 0 Å². The Morgan fingerprint density at radius 3 is 2.59 bits per heavy atom. The van der Waals surface area contributed by atoms with Crippen LogP contribution in [0.1, 0.15) is 57.6 Å². The number of amides is 2. The van der Waals surface area contributed by atoms with Gasteiger partial charge in [-0.1, -0.05) is 6.92 Å². The van der Waals surface area contributed by atoms with E-state index in [1.165, 1.54) is 18.5 Å². The smallest absolute Gasteiger partial charge is 0.341 e. The van der Waals surface area contributed by atoms with Gasteiger partial charge >= 0.3 is 11.7 Å². The van der Waals surface area contributed by atoms with Crippen LogP contribution < -0.4 is 11.1 Å². The first-order chi connectivity index (χ1) is 13.6. The van der Waals surface area contributed by atoms with Crippen LogP contribution >= 0.6 is 11.3 Å². The van der Waals surface area contributed by atoms with Crippen LogP contribution in [0.5, 0.6) is 0 Å². The number of nitro groups is 1. The highest BCUT2D eigenvalue weighted by molar-refractivity contribution is 7.18. The van der Waals surface area contributed by atoms with Crippen LogP contribution in [0.3, 0.4) is 0 Å². The molecular formula is C17H21N5O6S. The lowest BCUT2D eigenvalue weighted by atomic mass is 10.1. The molecule has 2 amide bonds. The third kappa shape index (κ3) is 4.42. The predicted molar refractivity (Wildman–Crippen MR) is 105 cm³/mol. The van der Waals surface area contributed by atoms with Crippen LogP contribution in [0.15, 0.2) is 6.20 Å². The van der Waals surface area contributed by atoms with Gasteiger partial charge in [-0.05, 0) is 32.8 Å². The number of hydrogen-bond donors (Lipinski definition) is 2. The number of primary amides is 1. The third-order valence-electron chi connectivity index (χ3n) is 4.21. The summed E-state index contributed by atoms with van der Waals surface area (Å²) in [7, 11) is 0. The fourth-order valence-corrected chi connectivity index (χ4v) is 3.71. The second kappa shape index (κ2) is 8.82. The van der Waals surface area contributed by atoms with Crippen molar-refractivity contribution in [1.82, 2.24) is 9.78 Å². The quantitative estimate of drug-likeness (QED) is 0.374. The molecule has 2 heterocycles. The summed E-state index contributed by atoms with van der Waals surface area (Å²) < 4.78 is 6.35. The number of carbonyl (C=O) groups excluding carboxylic acids is 3. The minimum absolute atomic E-state index is 0.0565. The first kappa shape index (κ1) is 22.0. The average molecular weight is 423 g/mol. The van der Waals surface area contributed by atoms with Gasteiger partial charge in [0.1, 0.15) is 22.9 Å². The Labute approximate surface area is 170 Å². The van der Waals surface area contributed by atoms with Crippen LogP contribution in [0.2, 0.25) is 0 Å². The van der Waals surface area contributed by atoms with Crippen molar-refractivity contribution >= 4 is 39.8 Å². The van der Waals surface area contributed by atoms with Gasteiger partial charge in [0.05, 0.1) is 22.0 Å². The number of nitrogens with two attached hydrogens (primary N) is 1. The number of anilines is 1. The maximum absolute atomic E-state index is 12.7. The maximum atomic E-state index is 12.7.